The molecular weight excluding hydrogens is 381 g/mol. The van der Waals surface area contributed by atoms with Crippen LogP contribution >= 0.6 is 43.5 Å². The van der Waals surface area contributed by atoms with E-state index in [1.54, 1.807) is 7.11 Å². The van der Waals surface area contributed by atoms with E-state index in [9.17, 15) is 0 Å². The fourth-order valence-corrected chi connectivity index (χ4v) is 4.27. The van der Waals surface area contributed by atoms with Crippen LogP contribution in [0.3, 0.4) is 0 Å². The molecule has 0 spiro atoms. The molecule has 0 bridgehead atoms. The summed E-state index contributed by atoms with van der Waals surface area (Å²) >= 11 is 13.1. The molecular formula is C13H16Br2ClNO. The Hall–Kier alpha value is 0.230. The van der Waals surface area contributed by atoms with Gasteiger partial charge in [-0.15, -0.1) is 0 Å². The van der Waals surface area contributed by atoms with Gasteiger partial charge in [-0.1, -0.05) is 11.6 Å². The smallest absolute Gasteiger partial charge is 0.0632 e. The van der Waals surface area contributed by atoms with Gasteiger partial charge in [-0.25, -0.2) is 0 Å². The topological polar surface area (TPSA) is 21.3 Å². The van der Waals surface area contributed by atoms with Gasteiger partial charge in [0.2, 0.25) is 0 Å². The van der Waals surface area contributed by atoms with Crippen molar-refractivity contribution in [2.75, 3.05) is 12.4 Å². The lowest BCUT2D eigenvalue weighted by molar-refractivity contribution is 0.0669. The van der Waals surface area contributed by atoms with Gasteiger partial charge >= 0.3 is 0 Å². The number of methoxy groups -OCH3 is 1. The standard InChI is InChI=1S/C13H16Br2ClNO/c1-18-10-4-2-3-9(7-10)17-13-11(14)5-8(16)6-12(13)15/h5-6,9-10,17H,2-4,7H2,1H3. The van der Waals surface area contributed by atoms with E-state index in [4.69, 9.17) is 16.3 Å². The van der Waals surface area contributed by atoms with Crippen molar-refractivity contribution in [2.24, 2.45) is 0 Å². The third-order valence-corrected chi connectivity index (χ3v) is 4.78. The quantitative estimate of drug-likeness (QED) is 0.754. The predicted octanol–water partition coefficient (Wildman–Crippen LogP) is 5.23. The van der Waals surface area contributed by atoms with Crippen LogP contribution in [0.4, 0.5) is 5.69 Å². The molecule has 1 aliphatic carbocycles. The van der Waals surface area contributed by atoms with Crippen molar-refractivity contribution >= 4 is 49.1 Å². The highest BCUT2D eigenvalue weighted by molar-refractivity contribution is 9.11. The molecule has 2 nitrogen and oxygen atoms in total. The van der Waals surface area contributed by atoms with Crippen LogP contribution in [0.5, 0.6) is 0 Å². The summed E-state index contributed by atoms with van der Waals surface area (Å²) in [5, 5.41) is 4.30. The number of anilines is 1. The first-order chi connectivity index (χ1) is 8.60. The van der Waals surface area contributed by atoms with E-state index in [1.165, 1.54) is 12.8 Å². The summed E-state index contributed by atoms with van der Waals surface area (Å²) in [6.45, 7) is 0. The molecule has 0 aromatic heterocycles. The molecule has 18 heavy (non-hydrogen) atoms. The van der Waals surface area contributed by atoms with Gasteiger partial charge < -0.3 is 10.1 Å². The second kappa shape index (κ2) is 6.60. The molecule has 1 aromatic carbocycles. The van der Waals surface area contributed by atoms with Crippen molar-refractivity contribution < 1.29 is 4.74 Å². The maximum Gasteiger partial charge on any atom is 0.0632 e. The molecule has 2 unspecified atom stereocenters. The normalized spacial score (nSPS) is 24.0. The zero-order valence-corrected chi connectivity index (χ0v) is 14.1. The van der Waals surface area contributed by atoms with Crippen LogP contribution in [0.2, 0.25) is 5.02 Å². The average Bonchev–Trinajstić information content (AvgIpc) is 2.34. The molecule has 2 atom stereocenters. The van der Waals surface area contributed by atoms with Gasteiger partial charge in [0.1, 0.15) is 0 Å². The van der Waals surface area contributed by atoms with Crippen molar-refractivity contribution in [3.05, 3.63) is 26.1 Å². The first-order valence-corrected chi connectivity index (χ1v) is 8.00. The molecule has 0 heterocycles. The molecule has 1 N–H and O–H groups in total. The minimum absolute atomic E-state index is 0.376. The highest BCUT2D eigenvalue weighted by atomic mass is 79.9. The highest BCUT2D eigenvalue weighted by Crippen LogP contribution is 2.36. The van der Waals surface area contributed by atoms with Crippen LogP contribution in [0.15, 0.2) is 21.1 Å². The van der Waals surface area contributed by atoms with Crippen molar-refractivity contribution in [1.29, 1.82) is 0 Å². The molecule has 1 aromatic rings. The number of benzene rings is 1. The third kappa shape index (κ3) is 3.62. The Labute approximate surface area is 130 Å². The van der Waals surface area contributed by atoms with E-state index in [1.807, 2.05) is 12.1 Å². The molecule has 1 fully saturated rings. The maximum atomic E-state index is 6.00. The number of hydrogen-bond donors (Lipinski definition) is 1. The Bertz CT molecular complexity index is 404. The number of halogens is 3. The number of hydrogen-bond acceptors (Lipinski definition) is 2. The summed E-state index contributed by atoms with van der Waals surface area (Å²) in [5.74, 6) is 0. The lowest BCUT2D eigenvalue weighted by Crippen LogP contribution is -2.31. The Morgan fingerprint density at radius 1 is 1.28 bits per heavy atom. The predicted molar refractivity (Wildman–Crippen MR) is 83.5 cm³/mol. The molecule has 0 aliphatic heterocycles. The fourth-order valence-electron chi connectivity index (χ4n) is 2.37. The van der Waals surface area contributed by atoms with Crippen molar-refractivity contribution in [1.82, 2.24) is 0 Å². The lowest BCUT2D eigenvalue weighted by Gasteiger charge is -2.30. The molecule has 0 saturated heterocycles. The molecule has 5 heteroatoms. The Balaban J connectivity index is 2.09. The zero-order valence-electron chi connectivity index (χ0n) is 10.2. The van der Waals surface area contributed by atoms with Gasteiger partial charge in [-0.3, -0.25) is 0 Å². The number of nitrogens with one attached hydrogen (secondary N) is 1. The van der Waals surface area contributed by atoms with Gasteiger partial charge in [0.25, 0.3) is 0 Å². The van der Waals surface area contributed by atoms with Crippen LogP contribution in [0.25, 0.3) is 0 Å². The average molecular weight is 398 g/mol. The van der Waals surface area contributed by atoms with Crippen LogP contribution in [0, 0.1) is 0 Å². The second-order valence-electron chi connectivity index (χ2n) is 4.61. The zero-order chi connectivity index (χ0) is 13.1. The van der Waals surface area contributed by atoms with E-state index in [0.717, 1.165) is 32.5 Å². The summed E-state index contributed by atoms with van der Waals surface area (Å²) in [5.41, 5.74) is 1.07. The minimum Gasteiger partial charge on any atom is -0.381 e. The highest BCUT2D eigenvalue weighted by Gasteiger charge is 2.22. The summed E-state index contributed by atoms with van der Waals surface area (Å²) in [4.78, 5) is 0. The van der Waals surface area contributed by atoms with E-state index >= 15 is 0 Å². The van der Waals surface area contributed by atoms with Gasteiger partial charge in [0.15, 0.2) is 0 Å². The van der Waals surface area contributed by atoms with Crippen LogP contribution in [0.1, 0.15) is 25.7 Å². The van der Waals surface area contributed by atoms with Crippen LogP contribution in [-0.2, 0) is 4.74 Å². The summed E-state index contributed by atoms with van der Waals surface area (Å²) < 4.78 is 7.43. The lowest BCUT2D eigenvalue weighted by atomic mass is 9.92. The van der Waals surface area contributed by atoms with Crippen molar-refractivity contribution in [3.63, 3.8) is 0 Å². The molecule has 0 radical (unpaired) electrons. The van der Waals surface area contributed by atoms with Gasteiger partial charge in [-0.2, -0.15) is 0 Å². The SMILES string of the molecule is COC1CCCC(Nc2c(Br)cc(Cl)cc2Br)C1. The van der Waals surface area contributed by atoms with Crippen LogP contribution in [-0.4, -0.2) is 19.3 Å². The van der Waals surface area contributed by atoms with E-state index in [-0.39, 0.29) is 0 Å². The molecule has 1 saturated carbocycles. The van der Waals surface area contributed by atoms with Crippen LogP contribution < -0.4 is 5.32 Å². The first kappa shape index (κ1) is 14.6. The summed E-state index contributed by atoms with van der Waals surface area (Å²) in [7, 11) is 1.79. The Kier molecular flexibility index (Phi) is 5.36. The van der Waals surface area contributed by atoms with E-state index in [0.29, 0.717) is 12.1 Å². The molecule has 0 amide bonds. The van der Waals surface area contributed by atoms with Gasteiger partial charge in [0, 0.05) is 27.1 Å². The summed E-state index contributed by atoms with van der Waals surface area (Å²) in [6, 6.07) is 4.27. The largest absolute Gasteiger partial charge is 0.381 e. The fraction of sp³-hybridized carbons (Fsp3) is 0.538. The molecule has 100 valence electrons. The van der Waals surface area contributed by atoms with E-state index < -0.39 is 0 Å². The Morgan fingerprint density at radius 3 is 2.56 bits per heavy atom. The number of rotatable bonds is 3. The summed E-state index contributed by atoms with van der Waals surface area (Å²) in [6.07, 6.45) is 4.98. The van der Waals surface area contributed by atoms with Gasteiger partial charge in [0.05, 0.1) is 11.8 Å². The van der Waals surface area contributed by atoms with E-state index in [2.05, 4.69) is 37.2 Å². The number of ether oxygens (including phenoxy) is 1. The van der Waals surface area contributed by atoms with Gasteiger partial charge in [-0.05, 0) is 69.7 Å². The minimum atomic E-state index is 0.376. The second-order valence-corrected chi connectivity index (χ2v) is 6.76. The van der Waals surface area contributed by atoms with Crippen molar-refractivity contribution in [2.45, 2.75) is 37.8 Å². The maximum absolute atomic E-state index is 6.00. The monoisotopic (exact) mass is 395 g/mol. The van der Waals surface area contributed by atoms with Crippen molar-refractivity contribution in [3.8, 4) is 0 Å². The Morgan fingerprint density at radius 2 is 1.94 bits per heavy atom. The molecule has 1 aliphatic rings. The first-order valence-electron chi connectivity index (χ1n) is 6.04. The third-order valence-electron chi connectivity index (χ3n) is 3.31. The molecule has 2 rings (SSSR count).